The van der Waals surface area contributed by atoms with Crippen molar-refractivity contribution in [1.29, 1.82) is 0 Å². The van der Waals surface area contributed by atoms with Gasteiger partial charge in [-0.05, 0) is 44.2 Å². The molecule has 0 spiro atoms. The number of carbonyl (C=O) groups excluding carboxylic acids is 2. The number of anilines is 1. The maximum atomic E-state index is 12.4. The van der Waals surface area contributed by atoms with Gasteiger partial charge in [0, 0.05) is 38.4 Å². The van der Waals surface area contributed by atoms with Crippen LogP contribution in [0.3, 0.4) is 0 Å². The van der Waals surface area contributed by atoms with Gasteiger partial charge in [0.25, 0.3) is 0 Å². The van der Waals surface area contributed by atoms with Crippen molar-refractivity contribution in [2.45, 2.75) is 19.9 Å². The van der Waals surface area contributed by atoms with Crippen molar-refractivity contribution < 1.29 is 9.59 Å². The Morgan fingerprint density at radius 3 is 2.28 bits per heavy atom. The topological polar surface area (TPSA) is 64.7 Å². The van der Waals surface area contributed by atoms with E-state index in [1.165, 1.54) is 5.56 Å². The molecule has 1 aliphatic heterocycles. The van der Waals surface area contributed by atoms with Crippen molar-refractivity contribution in [3.63, 3.8) is 0 Å². The molecule has 29 heavy (non-hydrogen) atoms. The van der Waals surface area contributed by atoms with Gasteiger partial charge in [0.15, 0.2) is 0 Å². The summed E-state index contributed by atoms with van der Waals surface area (Å²) in [7, 11) is 2.12. The molecule has 1 aliphatic rings. The number of likely N-dealkylation sites (N-methyl/N-ethyl adjacent to an activating group) is 1. The zero-order valence-corrected chi connectivity index (χ0v) is 17.4. The fourth-order valence-corrected chi connectivity index (χ4v) is 3.56. The Morgan fingerprint density at radius 1 is 0.931 bits per heavy atom. The molecule has 0 bridgehead atoms. The monoisotopic (exact) mass is 394 g/mol. The van der Waals surface area contributed by atoms with Gasteiger partial charge in [-0.3, -0.25) is 14.5 Å². The summed E-state index contributed by atoms with van der Waals surface area (Å²) >= 11 is 0. The fraction of sp³-hybridized carbons (Fsp3) is 0.391. The maximum Gasteiger partial charge on any atom is 0.313 e. The number of hydrogen-bond donors (Lipinski definition) is 2. The molecule has 154 valence electrons. The van der Waals surface area contributed by atoms with Crippen LogP contribution in [0.15, 0.2) is 48.5 Å². The average Bonchev–Trinajstić information content (AvgIpc) is 2.70. The predicted molar refractivity (Wildman–Crippen MR) is 116 cm³/mol. The molecule has 1 saturated heterocycles. The number of hydrogen-bond acceptors (Lipinski definition) is 4. The molecule has 1 heterocycles. The van der Waals surface area contributed by atoms with E-state index in [2.05, 4.69) is 58.7 Å². The van der Waals surface area contributed by atoms with Gasteiger partial charge in [-0.2, -0.15) is 0 Å². The molecule has 2 aromatic carbocycles. The van der Waals surface area contributed by atoms with E-state index < -0.39 is 11.8 Å². The van der Waals surface area contributed by atoms with Crippen molar-refractivity contribution in [3.05, 3.63) is 65.2 Å². The van der Waals surface area contributed by atoms with E-state index in [-0.39, 0.29) is 6.04 Å². The lowest BCUT2D eigenvalue weighted by molar-refractivity contribution is -0.136. The first-order valence-electron chi connectivity index (χ1n) is 10.1. The Balaban J connectivity index is 1.64. The Bertz CT molecular complexity index is 842. The number of nitrogens with one attached hydrogen (secondary N) is 2. The highest BCUT2D eigenvalue weighted by Crippen LogP contribution is 2.22. The summed E-state index contributed by atoms with van der Waals surface area (Å²) in [5, 5.41) is 5.50. The summed E-state index contributed by atoms with van der Waals surface area (Å²) in [5.41, 5.74) is 4.00. The molecule has 0 aromatic heterocycles. The molecule has 2 N–H and O–H groups in total. The van der Waals surface area contributed by atoms with Gasteiger partial charge in [0.2, 0.25) is 0 Å². The third-order valence-corrected chi connectivity index (χ3v) is 5.38. The Morgan fingerprint density at radius 2 is 1.62 bits per heavy atom. The quantitative estimate of drug-likeness (QED) is 0.764. The molecule has 2 amide bonds. The molecule has 1 unspecified atom stereocenters. The molecule has 1 fully saturated rings. The average molecular weight is 395 g/mol. The summed E-state index contributed by atoms with van der Waals surface area (Å²) in [6.45, 7) is 8.24. The van der Waals surface area contributed by atoms with Crippen molar-refractivity contribution in [2.24, 2.45) is 0 Å². The molecule has 3 rings (SSSR count). The van der Waals surface area contributed by atoms with E-state index in [1.807, 2.05) is 25.1 Å². The second-order valence-electron chi connectivity index (χ2n) is 7.80. The summed E-state index contributed by atoms with van der Waals surface area (Å²) in [5.74, 6) is -1.26. The third kappa shape index (κ3) is 5.89. The van der Waals surface area contributed by atoms with E-state index >= 15 is 0 Å². The normalized spacial score (nSPS) is 16.2. The first kappa shape index (κ1) is 21.0. The minimum Gasteiger partial charge on any atom is -0.346 e. The second kappa shape index (κ2) is 9.67. The standard InChI is InChI=1S/C23H30N4O2/c1-17-7-9-19(10-8-17)21(27-13-11-26(3)12-14-27)16-24-22(28)23(29)25-20-6-4-5-18(2)15-20/h4-10,15,21H,11-14,16H2,1-3H3,(H,24,28)(H,25,29). The molecule has 6 heteroatoms. The Kier molecular flexibility index (Phi) is 7.01. The van der Waals surface area contributed by atoms with Crippen molar-refractivity contribution in [1.82, 2.24) is 15.1 Å². The number of nitrogens with zero attached hydrogens (tertiary/aromatic N) is 2. The van der Waals surface area contributed by atoms with Crippen LogP contribution in [0.2, 0.25) is 0 Å². The molecule has 0 radical (unpaired) electrons. The van der Waals surface area contributed by atoms with Gasteiger partial charge >= 0.3 is 11.8 Å². The van der Waals surface area contributed by atoms with Gasteiger partial charge in [0.1, 0.15) is 0 Å². The first-order chi connectivity index (χ1) is 13.9. The minimum absolute atomic E-state index is 0.0417. The first-order valence-corrected chi connectivity index (χ1v) is 10.1. The van der Waals surface area contributed by atoms with Gasteiger partial charge in [-0.15, -0.1) is 0 Å². The van der Waals surface area contributed by atoms with Crippen molar-refractivity contribution in [2.75, 3.05) is 45.1 Å². The minimum atomic E-state index is -0.642. The SMILES string of the molecule is Cc1ccc(C(CNC(=O)C(=O)Nc2cccc(C)c2)N2CCN(C)CC2)cc1. The predicted octanol–water partition coefficient (Wildman–Crippen LogP) is 2.35. The van der Waals surface area contributed by atoms with Crippen LogP contribution in [-0.4, -0.2) is 61.4 Å². The lowest BCUT2D eigenvalue weighted by Gasteiger charge is -2.38. The Hall–Kier alpha value is -2.70. The van der Waals surface area contributed by atoms with Crippen molar-refractivity contribution >= 4 is 17.5 Å². The van der Waals surface area contributed by atoms with E-state index in [0.29, 0.717) is 12.2 Å². The highest BCUT2D eigenvalue weighted by Gasteiger charge is 2.25. The highest BCUT2D eigenvalue weighted by atomic mass is 16.2. The van der Waals surface area contributed by atoms with Gasteiger partial charge in [-0.25, -0.2) is 0 Å². The highest BCUT2D eigenvalue weighted by molar-refractivity contribution is 6.39. The van der Waals surface area contributed by atoms with Crippen LogP contribution in [0, 0.1) is 13.8 Å². The summed E-state index contributed by atoms with van der Waals surface area (Å²) in [6.07, 6.45) is 0. The third-order valence-electron chi connectivity index (χ3n) is 5.38. The smallest absolute Gasteiger partial charge is 0.313 e. The van der Waals surface area contributed by atoms with Crippen LogP contribution >= 0.6 is 0 Å². The number of benzene rings is 2. The van der Waals surface area contributed by atoms with Gasteiger partial charge in [-0.1, -0.05) is 42.0 Å². The number of rotatable bonds is 5. The molecule has 0 aliphatic carbocycles. The summed E-state index contributed by atoms with van der Waals surface area (Å²) in [6, 6.07) is 15.8. The van der Waals surface area contributed by atoms with E-state index in [4.69, 9.17) is 0 Å². The van der Waals surface area contributed by atoms with Crippen LogP contribution in [0.1, 0.15) is 22.7 Å². The van der Waals surface area contributed by atoms with Gasteiger partial charge < -0.3 is 15.5 Å². The van der Waals surface area contributed by atoms with Crippen LogP contribution < -0.4 is 10.6 Å². The zero-order valence-electron chi connectivity index (χ0n) is 17.4. The maximum absolute atomic E-state index is 12.4. The largest absolute Gasteiger partial charge is 0.346 e. The summed E-state index contributed by atoms with van der Waals surface area (Å²) in [4.78, 5) is 29.4. The number of carbonyl (C=O) groups is 2. The lowest BCUT2D eigenvalue weighted by Crippen LogP contribution is -2.49. The zero-order chi connectivity index (χ0) is 20.8. The molecular weight excluding hydrogens is 364 g/mol. The van der Waals surface area contributed by atoms with Crippen LogP contribution in [0.4, 0.5) is 5.69 Å². The number of piperazine rings is 1. The van der Waals surface area contributed by atoms with Crippen LogP contribution in [0.5, 0.6) is 0 Å². The summed E-state index contributed by atoms with van der Waals surface area (Å²) < 4.78 is 0. The lowest BCUT2D eigenvalue weighted by atomic mass is 10.0. The Labute approximate surface area is 172 Å². The fourth-order valence-electron chi connectivity index (χ4n) is 3.56. The van der Waals surface area contributed by atoms with E-state index in [1.54, 1.807) is 6.07 Å². The second-order valence-corrected chi connectivity index (χ2v) is 7.80. The molecule has 0 saturated carbocycles. The molecule has 6 nitrogen and oxygen atoms in total. The molecule has 1 atom stereocenters. The van der Waals surface area contributed by atoms with Gasteiger partial charge in [0.05, 0.1) is 6.04 Å². The van der Waals surface area contributed by atoms with Crippen LogP contribution in [-0.2, 0) is 9.59 Å². The number of amides is 2. The van der Waals surface area contributed by atoms with E-state index in [0.717, 1.165) is 37.3 Å². The number of aryl methyl sites for hydroxylation is 2. The van der Waals surface area contributed by atoms with Crippen LogP contribution in [0.25, 0.3) is 0 Å². The van der Waals surface area contributed by atoms with Crippen molar-refractivity contribution in [3.8, 4) is 0 Å². The van der Waals surface area contributed by atoms with E-state index in [9.17, 15) is 9.59 Å². The molecule has 2 aromatic rings. The molecular formula is C23H30N4O2.